The molecule has 0 radical (unpaired) electrons. The summed E-state index contributed by atoms with van der Waals surface area (Å²) >= 11 is 0. The van der Waals surface area contributed by atoms with Crippen LogP contribution in [0.5, 0.6) is 0 Å². The number of hydrogen-bond acceptors (Lipinski definition) is 4. The van der Waals surface area contributed by atoms with Crippen LogP contribution in [-0.2, 0) is 0 Å². The molecule has 108 valence electrons. The summed E-state index contributed by atoms with van der Waals surface area (Å²) in [4.78, 5) is 5.29. The summed E-state index contributed by atoms with van der Waals surface area (Å²) in [6, 6.07) is 2.29. The van der Waals surface area contributed by atoms with E-state index in [0.29, 0.717) is 18.7 Å². The van der Waals surface area contributed by atoms with Crippen molar-refractivity contribution >= 4 is 0 Å². The molecule has 0 bridgehead atoms. The smallest absolute Gasteiger partial charge is 0.251 e. The van der Waals surface area contributed by atoms with E-state index in [1.807, 2.05) is 0 Å². The van der Waals surface area contributed by atoms with Gasteiger partial charge in [0.15, 0.2) is 0 Å². The topological polar surface area (TPSA) is 62.4 Å². The maximum absolute atomic E-state index is 12.7. The molecule has 0 saturated carbocycles. The van der Waals surface area contributed by atoms with Crippen molar-refractivity contribution in [2.75, 3.05) is 26.2 Å². The van der Waals surface area contributed by atoms with Crippen molar-refractivity contribution in [1.82, 2.24) is 9.88 Å². The van der Waals surface area contributed by atoms with Crippen molar-refractivity contribution < 1.29 is 18.3 Å². The summed E-state index contributed by atoms with van der Waals surface area (Å²) in [6.07, 6.45) is -0.975. The Morgan fingerprint density at radius 2 is 2.05 bits per heavy atom. The van der Waals surface area contributed by atoms with Gasteiger partial charge < -0.3 is 10.8 Å². The quantitative estimate of drug-likeness (QED) is 0.749. The minimum absolute atomic E-state index is 0.175. The third-order valence-electron chi connectivity index (χ3n) is 2.70. The van der Waals surface area contributed by atoms with Gasteiger partial charge in [-0.25, -0.2) is 13.2 Å². The van der Waals surface area contributed by atoms with Gasteiger partial charge in [-0.3, -0.25) is 9.88 Å². The summed E-state index contributed by atoms with van der Waals surface area (Å²) in [5.41, 5.74) is 6.37. The Morgan fingerprint density at radius 1 is 1.32 bits per heavy atom. The SMILES string of the molecule is NC(CCN(CCO)CC(F)F)c1ccc(F)cn1. The van der Waals surface area contributed by atoms with Gasteiger partial charge in [0.2, 0.25) is 0 Å². The molecular formula is C12H18F3N3O. The summed E-state index contributed by atoms with van der Waals surface area (Å²) in [7, 11) is 0. The highest BCUT2D eigenvalue weighted by molar-refractivity contribution is 5.09. The lowest BCUT2D eigenvalue weighted by molar-refractivity contribution is 0.0767. The molecule has 1 aromatic heterocycles. The summed E-state index contributed by atoms with van der Waals surface area (Å²) in [5.74, 6) is -0.449. The van der Waals surface area contributed by atoms with E-state index < -0.39 is 24.8 Å². The van der Waals surface area contributed by atoms with Gasteiger partial charge in [0.05, 0.1) is 25.0 Å². The highest BCUT2D eigenvalue weighted by Gasteiger charge is 2.14. The van der Waals surface area contributed by atoms with E-state index in [0.717, 1.165) is 6.20 Å². The lowest BCUT2D eigenvalue weighted by Crippen LogP contribution is -2.34. The van der Waals surface area contributed by atoms with Crippen LogP contribution in [0.4, 0.5) is 13.2 Å². The van der Waals surface area contributed by atoms with Crippen molar-refractivity contribution in [2.24, 2.45) is 5.73 Å². The Balaban J connectivity index is 2.46. The minimum Gasteiger partial charge on any atom is -0.395 e. The molecular weight excluding hydrogens is 259 g/mol. The molecule has 0 aliphatic rings. The van der Waals surface area contributed by atoms with Crippen LogP contribution in [0.15, 0.2) is 18.3 Å². The number of aliphatic hydroxyl groups excluding tert-OH is 1. The van der Waals surface area contributed by atoms with Crippen molar-refractivity contribution in [1.29, 1.82) is 0 Å². The second-order valence-electron chi connectivity index (χ2n) is 4.21. The Kier molecular flexibility index (Phi) is 6.75. The maximum Gasteiger partial charge on any atom is 0.251 e. The van der Waals surface area contributed by atoms with Gasteiger partial charge in [0.1, 0.15) is 5.82 Å². The fraction of sp³-hybridized carbons (Fsp3) is 0.583. The Morgan fingerprint density at radius 3 is 2.58 bits per heavy atom. The normalized spacial score (nSPS) is 13.2. The van der Waals surface area contributed by atoms with Crippen molar-refractivity contribution in [3.05, 3.63) is 29.8 Å². The molecule has 0 aliphatic carbocycles. The largest absolute Gasteiger partial charge is 0.395 e. The molecule has 7 heteroatoms. The van der Waals surface area contributed by atoms with E-state index in [2.05, 4.69) is 4.98 Å². The number of aliphatic hydroxyl groups is 1. The van der Waals surface area contributed by atoms with Gasteiger partial charge in [-0.15, -0.1) is 0 Å². The van der Waals surface area contributed by atoms with E-state index in [9.17, 15) is 13.2 Å². The predicted octanol–water partition coefficient (Wildman–Crippen LogP) is 1.17. The second-order valence-corrected chi connectivity index (χ2v) is 4.21. The first-order valence-corrected chi connectivity index (χ1v) is 6.01. The monoisotopic (exact) mass is 277 g/mol. The average molecular weight is 277 g/mol. The van der Waals surface area contributed by atoms with Crippen LogP contribution in [-0.4, -0.2) is 47.7 Å². The van der Waals surface area contributed by atoms with Crippen LogP contribution in [0.2, 0.25) is 0 Å². The second kappa shape index (κ2) is 8.08. The zero-order valence-electron chi connectivity index (χ0n) is 10.5. The van der Waals surface area contributed by atoms with Gasteiger partial charge in [-0.2, -0.15) is 0 Å². The van der Waals surface area contributed by atoms with E-state index >= 15 is 0 Å². The van der Waals surface area contributed by atoms with E-state index in [4.69, 9.17) is 10.8 Å². The maximum atomic E-state index is 12.7. The molecule has 1 aromatic rings. The molecule has 1 rings (SSSR count). The van der Waals surface area contributed by atoms with Gasteiger partial charge in [0.25, 0.3) is 6.43 Å². The number of hydrogen-bond donors (Lipinski definition) is 2. The molecule has 0 saturated heterocycles. The highest BCUT2D eigenvalue weighted by Crippen LogP contribution is 2.12. The van der Waals surface area contributed by atoms with Crippen LogP contribution < -0.4 is 5.73 Å². The highest BCUT2D eigenvalue weighted by atomic mass is 19.3. The number of aromatic nitrogens is 1. The van der Waals surface area contributed by atoms with E-state index in [1.54, 1.807) is 0 Å². The van der Waals surface area contributed by atoms with Gasteiger partial charge >= 0.3 is 0 Å². The van der Waals surface area contributed by atoms with Crippen LogP contribution in [0, 0.1) is 5.82 Å². The molecule has 3 N–H and O–H groups in total. The van der Waals surface area contributed by atoms with Crippen molar-refractivity contribution in [3.63, 3.8) is 0 Å². The number of nitrogens with zero attached hydrogens (tertiary/aromatic N) is 2. The van der Waals surface area contributed by atoms with Crippen LogP contribution in [0.3, 0.4) is 0 Å². The molecule has 0 aromatic carbocycles. The van der Waals surface area contributed by atoms with E-state index in [1.165, 1.54) is 17.0 Å². The molecule has 1 atom stereocenters. The Hall–Kier alpha value is -1.18. The van der Waals surface area contributed by atoms with Crippen LogP contribution >= 0.6 is 0 Å². The molecule has 0 fully saturated rings. The molecule has 0 aliphatic heterocycles. The fourth-order valence-corrected chi connectivity index (χ4v) is 1.71. The van der Waals surface area contributed by atoms with Crippen LogP contribution in [0.1, 0.15) is 18.2 Å². The first-order chi connectivity index (χ1) is 9.02. The molecule has 1 heterocycles. The third-order valence-corrected chi connectivity index (χ3v) is 2.70. The average Bonchev–Trinajstić information content (AvgIpc) is 2.36. The third kappa shape index (κ3) is 6.00. The first kappa shape index (κ1) is 15.9. The zero-order valence-corrected chi connectivity index (χ0v) is 10.5. The number of nitrogens with two attached hydrogens (primary N) is 1. The van der Waals surface area contributed by atoms with E-state index in [-0.39, 0.29) is 13.2 Å². The first-order valence-electron chi connectivity index (χ1n) is 6.01. The van der Waals surface area contributed by atoms with Crippen LogP contribution in [0.25, 0.3) is 0 Å². The molecule has 0 amide bonds. The molecule has 19 heavy (non-hydrogen) atoms. The predicted molar refractivity (Wildman–Crippen MR) is 65.3 cm³/mol. The number of pyridine rings is 1. The lowest BCUT2D eigenvalue weighted by Gasteiger charge is -2.22. The standard InChI is InChI=1S/C12H18F3N3O/c13-9-1-2-11(17-7-9)10(16)3-4-18(5-6-19)8-12(14)15/h1-2,7,10,12,19H,3-6,8,16H2. The van der Waals surface area contributed by atoms with Crippen molar-refractivity contribution in [2.45, 2.75) is 18.9 Å². The minimum atomic E-state index is -2.45. The fourth-order valence-electron chi connectivity index (χ4n) is 1.71. The number of rotatable bonds is 8. The molecule has 4 nitrogen and oxygen atoms in total. The van der Waals surface area contributed by atoms with Crippen molar-refractivity contribution in [3.8, 4) is 0 Å². The number of alkyl halides is 2. The Labute approximate surface area is 110 Å². The zero-order chi connectivity index (χ0) is 14.3. The molecule has 1 unspecified atom stereocenters. The van der Waals surface area contributed by atoms with Gasteiger partial charge in [-0.1, -0.05) is 0 Å². The Bertz CT molecular complexity index is 362. The summed E-state index contributed by atoms with van der Waals surface area (Å²) in [6.45, 7) is -0.0834. The van der Waals surface area contributed by atoms with Gasteiger partial charge in [0, 0.05) is 19.1 Å². The number of halogens is 3. The lowest BCUT2D eigenvalue weighted by atomic mass is 10.1. The molecule has 0 spiro atoms. The summed E-state index contributed by atoms with van der Waals surface area (Å²) < 4.78 is 37.3. The summed E-state index contributed by atoms with van der Waals surface area (Å²) in [5, 5.41) is 8.79. The van der Waals surface area contributed by atoms with Gasteiger partial charge in [-0.05, 0) is 18.6 Å².